The molecule has 2 fully saturated rings. The molecular formula is C17H20F2N2O4. The van der Waals surface area contributed by atoms with E-state index in [0.717, 1.165) is 32.4 Å². The van der Waals surface area contributed by atoms with E-state index < -0.39 is 11.9 Å². The Balaban J connectivity index is 1.45. The third-order valence-corrected chi connectivity index (χ3v) is 5.04. The van der Waals surface area contributed by atoms with E-state index in [0.29, 0.717) is 18.7 Å². The van der Waals surface area contributed by atoms with E-state index in [1.165, 1.54) is 6.07 Å². The van der Waals surface area contributed by atoms with Crippen molar-refractivity contribution in [1.82, 2.24) is 9.80 Å². The van der Waals surface area contributed by atoms with Gasteiger partial charge in [0.25, 0.3) is 0 Å². The lowest BCUT2D eigenvalue weighted by Gasteiger charge is -2.25. The largest absolute Gasteiger partial charge is 0.586 e. The fraction of sp³-hybridized carbons (Fsp3) is 0.588. The highest BCUT2D eigenvalue weighted by molar-refractivity contribution is 5.70. The Bertz CT molecular complexity index is 699. The van der Waals surface area contributed by atoms with Crippen LogP contribution in [0.1, 0.15) is 24.8 Å². The monoisotopic (exact) mass is 354 g/mol. The molecule has 136 valence electrons. The van der Waals surface area contributed by atoms with Gasteiger partial charge in [-0.15, -0.1) is 8.78 Å². The predicted molar refractivity (Wildman–Crippen MR) is 83.6 cm³/mol. The standard InChI is InChI=1S/C17H20F2N2O4/c1-20-11-16(25-15(20)22)6-3-8-21(9-7-16)10-12-4-2-5-13-14(12)24-17(18,19)23-13/h2,4-5H,3,6-11H2,1H3/t16-/m0/s1. The molecule has 3 heterocycles. The summed E-state index contributed by atoms with van der Waals surface area (Å²) in [7, 11) is 1.74. The molecule has 1 amide bonds. The SMILES string of the molecule is CN1C[C@@]2(CCCN(Cc3cccc4c3OC(F)(F)O4)CC2)OC1=O. The van der Waals surface area contributed by atoms with E-state index in [4.69, 9.17) is 4.74 Å². The van der Waals surface area contributed by atoms with Crippen LogP contribution in [0.3, 0.4) is 0 Å². The molecule has 4 rings (SSSR count). The summed E-state index contributed by atoms with van der Waals surface area (Å²) in [5.41, 5.74) is 0.248. The van der Waals surface area contributed by atoms with Gasteiger partial charge in [-0.25, -0.2) is 4.79 Å². The number of carbonyl (C=O) groups is 1. The number of alkyl halides is 2. The Hall–Kier alpha value is -2.09. The highest BCUT2D eigenvalue weighted by atomic mass is 19.3. The predicted octanol–water partition coefficient (Wildman–Crippen LogP) is 2.81. The van der Waals surface area contributed by atoms with Crippen LogP contribution in [0.4, 0.5) is 13.6 Å². The first-order valence-electron chi connectivity index (χ1n) is 8.40. The molecule has 1 aromatic rings. The van der Waals surface area contributed by atoms with Crippen molar-refractivity contribution < 1.29 is 27.8 Å². The lowest BCUT2D eigenvalue weighted by molar-refractivity contribution is -0.287. The molecule has 1 aromatic carbocycles. The van der Waals surface area contributed by atoms with Crippen molar-refractivity contribution in [2.75, 3.05) is 26.7 Å². The Morgan fingerprint density at radius 2 is 2.00 bits per heavy atom. The first-order chi connectivity index (χ1) is 11.9. The van der Waals surface area contributed by atoms with Crippen molar-refractivity contribution in [3.8, 4) is 11.5 Å². The Kier molecular flexibility index (Phi) is 3.75. The number of halogens is 2. The number of hydrogen-bond donors (Lipinski definition) is 0. The highest BCUT2D eigenvalue weighted by Gasteiger charge is 2.46. The van der Waals surface area contributed by atoms with Crippen LogP contribution in [0.15, 0.2) is 18.2 Å². The molecule has 0 aromatic heterocycles. The Labute approximate surface area is 144 Å². The van der Waals surface area contributed by atoms with Gasteiger partial charge in [-0.05, 0) is 25.5 Å². The number of likely N-dealkylation sites (N-methyl/N-ethyl adjacent to an activating group) is 1. The van der Waals surface area contributed by atoms with E-state index in [9.17, 15) is 13.6 Å². The molecule has 25 heavy (non-hydrogen) atoms. The zero-order valence-corrected chi connectivity index (χ0v) is 14.0. The van der Waals surface area contributed by atoms with Crippen molar-refractivity contribution in [3.63, 3.8) is 0 Å². The van der Waals surface area contributed by atoms with E-state index >= 15 is 0 Å². The molecule has 0 bridgehead atoms. The zero-order chi connectivity index (χ0) is 17.7. The van der Waals surface area contributed by atoms with Crippen molar-refractivity contribution >= 4 is 6.09 Å². The van der Waals surface area contributed by atoms with Crippen molar-refractivity contribution in [2.24, 2.45) is 0 Å². The number of nitrogens with zero attached hydrogens (tertiary/aromatic N) is 2. The number of ether oxygens (including phenoxy) is 3. The third kappa shape index (κ3) is 3.10. The minimum absolute atomic E-state index is 0.0696. The zero-order valence-electron chi connectivity index (χ0n) is 14.0. The van der Waals surface area contributed by atoms with E-state index in [2.05, 4.69) is 14.4 Å². The summed E-state index contributed by atoms with van der Waals surface area (Å²) in [6, 6.07) is 4.94. The van der Waals surface area contributed by atoms with Gasteiger partial charge in [0.2, 0.25) is 0 Å². The Morgan fingerprint density at radius 3 is 2.76 bits per heavy atom. The molecule has 8 heteroatoms. The number of carbonyl (C=O) groups excluding carboxylic acids is 1. The normalized spacial score (nSPS) is 28.3. The number of likely N-dealkylation sites (tertiary alicyclic amines) is 1. The first kappa shape index (κ1) is 16.4. The second-order valence-electron chi connectivity index (χ2n) is 6.95. The number of amides is 1. The van der Waals surface area contributed by atoms with Crippen LogP contribution >= 0.6 is 0 Å². The van der Waals surface area contributed by atoms with Crippen LogP contribution in [-0.4, -0.2) is 54.5 Å². The lowest BCUT2D eigenvalue weighted by atomic mass is 9.95. The molecule has 0 saturated carbocycles. The second-order valence-corrected chi connectivity index (χ2v) is 6.95. The topological polar surface area (TPSA) is 51.2 Å². The quantitative estimate of drug-likeness (QED) is 0.817. The van der Waals surface area contributed by atoms with Crippen molar-refractivity contribution in [2.45, 2.75) is 37.7 Å². The fourth-order valence-electron chi connectivity index (χ4n) is 3.82. The summed E-state index contributed by atoms with van der Waals surface area (Å²) < 4.78 is 41.4. The fourth-order valence-corrected chi connectivity index (χ4v) is 3.82. The third-order valence-electron chi connectivity index (χ3n) is 5.04. The maximum atomic E-state index is 13.3. The summed E-state index contributed by atoms with van der Waals surface area (Å²) in [6.07, 6.45) is -1.47. The van der Waals surface area contributed by atoms with Crippen molar-refractivity contribution in [3.05, 3.63) is 23.8 Å². The maximum Gasteiger partial charge on any atom is 0.586 e. The van der Waals surface area contributed by atoms with E-state index in [-0.39, 0.29) is 17.6 Å². The number of rotatable bonds is 2. The Morgan fingerprint density at radius 1 is 1.16 bits per heavy atom. The molecular weight excluding hydrogens is 334 g/mol. The average molecular weight is 354 g/mol. The number of hydrogen-bond acceptors (Lipinski definition) is 5. The lowest BCUT2D eigenvalue weighted by Crippen LogP contribution is -2.35. The number of fused-ring (bicyclic) bond motifs is 1. The van der Waals surface area contributed by atoms with Gasteiger partial charge in [0.05, 0.1) is 6.54 Å². The van der Waals surface area contributed by atoms with Gasteiger partial charge >= 0.3 is 12.4 Å². The van der Waals surface area contributed by atoms with Crippen LogP contribution in [0.25, 0.3) is 0 Å². The van der Waals surface area contributed by atoms with Gasteiger partial charge in [-0.2, -0.15) is 0 Å². The maximum absolute atomic E-state index is 13.3. The average Bonchev–Trinajstić information content (AvgIpc) is 2.92. The van der Waals surface area contributed by atoms with Crippen LogP contribution in [0.5, 0.6) is 11.5 Å². The first-order valence-corrected chi connectivity index (χ1v) is 8.40. The number of para-hydroxylation sites is 1. The van der Waals surface area contributed by atoms with Gasteiger partial charge in [-0.3, -0.25) is 4.90 Å². The molecule has 2 saturated heterocycles. The van der Waals surface area contributed by atoms with Gasteiger partial charge in [0.1, 0.15) is 5.60 Å². The molecule has 0 aliphatic carbocycles. The van der Waals surface area contributed by atoms with E-state index in [1.807, 2.05) is 0 Å². The number of benzene rings is 1. The van der Waals surface area contributed by atoms with Crippen LogP contribution < -0.4 is 9.47 Å². The molecule has 1 atom stereocenters. The minimum Gasteiger partial charge on any atom is -0.441 e. The molecule has 0 N–H and O–H groups in total. The van der Waals surface area contributed by atoms with Crippen molar-refractivity contribution in [1.29, 1.82) is 0 Å². The second kappa shape index (κ2) is 5.72. The van der Waals surface area contributed by atoms with Crippen LogP contribution in [-0.2, 0) is 11.3 Å². The molecule has 0 unspecified atom stereocenters. The summed E-state index contributed by atoms with van der Waals surface area (Å²) in [4.78, 5) is 15.5. The summed E-state index contributed by atoms with van der Waals surface area (Å²) in [6.45, 7) is 2.62. The summed E-state index contributed by atoms with van der Waals surface area (Å²) in [5, 5.41) is 0. The molecule has 6 nitrogen and oxygen atoms in total. The highest BCUT2D eigenvalue weighted by Crippen LogP contribution is 2.43. The van der Waals surface area contributed by atoms with Gasteiger partial charge in [0, 0.05) is 32.1 Å². The molecule has 0 radical (unpaired) electrons. The minimum atomic E-state index is -3.61. The van der Waals surface area contributed by atoms with Gasteiger partial charge in [0.15, 0.2) is 11.5 Å². The summed E-state index contributed by atoms with van der Waals surface area (Å²) in [5.74, 6) is 0.179. The smallest absolute Gasteiger partial charge is 0.441 e. The van der Waals surface area contributed by atoms with Crippen LogP contribution in [0.2, 0.25) is 0 Å². The summed E-state index contributed by atoms with van der Waals surface area (Å²) >= 11 is 0. The van der Waals surface area contributed by atoms with Crippen LogP contribution in [0, 0.1) is 0 Å². The molecule has 1 spiro atoms. The molecule has 3 aliphatic heterocycles. The molecule has 3 aliphatic rings. The van der Waals surface area contributed by atoms with E-state index in [1.54, 1.807) is 24.1 Å². The van der Waals surface area contributed by atoms with Gasteiger partial charge < -0.3 is 19.1 Å². The van der Waals surface area contributed by atoms with Gasteiger partial charge in [-0.1, -0.05) is 12.1 Å².